The molecular weight excluding hydrogens is 590 g/mol. The quantitative estimate of drug-likeness (QED) is 0.287. The first-order chi connectivity index (χ1) is 14.5. The Kier molecular flexibility index (Phi) is 30.7. The molecule has 0 bridgehead atoms. The molecule has 0 amide bonds. The van der Waals surface area contributed by atoms with Crippen LogP contribution >= 0.6 is 0 Å². The van der Waals surface area contributed by atoms with Crippen molar-refractivity contribution < 1.29 is 51.8 Å². The van der Waals surface area contributed by atoms with Gasteiger partial charge in [0, 0.05) is 0 Å². The van der Waals surface area contributed by atoms with Gasteiger partial charge in [-0.05, 0) is 0 Å². The van der Waals surface area contributed by atoms with Gasteiger partial charge in [-0.15, -0.1) is 0 Å². The number of rotatable bonds is 5. The molecule has 0 saturated heterocycles. The molecule has 8 nitrogen and oxygen atoms in total. The predicted molar refractivity (Wildman–Crippen MR) is 108 cm³/mol. The first-order valence-corrected chi connectivity index (χ1v) is 13.1. The first kappa shape index (κ1) is 40.3. The molecule has 1 rings (SSSR count). The van der Waals surface area contributed by atoms with Crippen molar-refractivity contribution in [3.05, 3.63) is 45.1 Å². The monoisotopic (exact) mass is 621 g/mol. The van der Waals surface area contributed by atoms with E-state index in [1.165, 1.54) is 23.4 Å². The van der Waals surface area contributed by atoms with Crippen LogP contribution in [0.15, 0.2) is 11.8 Å². The molecule has 0 aromatic carbocycles. The molecule has 1 aliphatic carbocycles. The van der Waals surface area contributed by atoms with Crippen LogP contribution in [-0.4, -0.2) is 32.6 Å². The van der Waals surface area contributed by atoms with Gasteiger partial charge in [-0.25, -0.2) is 0 Å². The summed E-state index contributed by atoms with van der Waals surface area (Å²) in [5, 5.41) is 3.56. The second-order valence-electron chi connectivity index (χ2n) is 7.52. The summed E-state index contributed by atoms with van der Waals surface area (Å²) in [6, 6.07) is 0. The molecule has 172 valence electrons. The van der Waals surface area contributed by atoms with Crippen molar-refractivity contribution in [2.45, 2.75) is 58.4 Å². The van der Waals surface area contributed by atoms with Gasteiger partial charge in [-0.1, -0.05) is 0 Å². The molecule has 1 aliphatic rings. The Hall–Kier alpha value is -1.06. The van der Waals surface area contributed by atoms with Crippen LogP contribution in [0, 0.1) is 45.1 Å². The number of hydrogen-bond acceptors (Lipinski definition) is 3. The van der Waals surface area contributed by atoms with Crippen LogP contribution in [0.5, 0.6) is 0 Å². The molecule has 1 unspecified atom stereocenters. The predicted octanol–water partition coefficient (Wildman–Crippen LogP) is 3.27. The van der Waals surface area contributed by atoms with Crippen LogP contribution in [0.25, 0.3) is 0 Å². The molecule has 0 heterocycles. The Morgan fingerprint density at radius 3 is 1.71 bits per heavy atom. The fourth-order valence-corrected chi connectivity index (χ4v) is 4.90. The molecule has 0 aliphatic heterocycles. The van der Waals surface area contributed by atoms with Crippen molar-refractivity contribution >= 4 is 12.3 Å². The maximum atomic E-state index is 7.50. The number of methoxy groups -OCH3 is 1. The van der Waals surface area contributed by atoms with Crippen LogP contribution in [0.3, 0.4) is 0 Å². The molecule has 0 aromatic heterocycles. The van der Waals surface area contributed by atoms with Crippen LogP contribution < -0.4 is 5.32 Å². The Bertz CT molecular complexity index is 581. The van der Waals surface area contributed by atoms with E-state index in [0.717, 1.165) is 12.2 Å². The van der Waals surface area contributed by atoms with Crippen LogP contribution in [0.1, 0.15) is 34.1 Å². The number of nitrogens with one attached hydrogen (secondary N) is 1. The average molecular weight is 621 g/mol. The van der Waals surface area contributed by atoms with E-state index in [1.54, 1.807) is 7.11 Å². The van der Waals surface area contributed by atoms with Gasteiger partial charge in [0.15, 0.2) is 0 Å². The van der Waals surface area contributed by atoms with E-state index >= 15 is 0 Å². The number of allylic oxidation sites excluding steroid dienone is 1. The molecule has 0 aromatic rings. The van der Waals surface area contributed by atoms with Gasteiger partial charge in [0.25, 0.3) is 0 Å². The average Bonchev–Trinajstić information content (AvgIpc) is 2.78. The van der Waals surface area contributed by atoms with E-state index < -0.39 is 8.32 Å². The molecule has 10 heteroatoms. The third kappa shape index (κ3) is 15.4. The van der Waals surface area contributed by atoms with Gasteiger partial charge in [0.05, 0.1) is 0 Å². The summed E-state index contributed by atoms with van der Waals surface area (Å²) in [5.74, 6) is 2.12. The molecule has 3 atom stereocenters. The van der Waals surface area contributed by atoms with Gasteiger partial charge >= 0.3 is 199 Å². The molecular formula is C21H31NO7SiW. The third-order valence-corrected chi connectivity index (χ3v) is 11.0. The first-order valence-electron chi connectivity index (χ1n) is 8.69. The minimum atomic E-state index is -1.76. The Labute approximate surface area is 198 Å². The van der Waals surface area contributed by atoms with Crippen molar-refractivity contribution in [2.75, 3.05) is 14.2 Å². The summed E-state index contributed by atoms with van der Waals surface area (Å²) < 4.78 is 51.1. The van der Waals surface area contributed by atoms with Crippen molar-refractivity contribution in [2.24, 2.45) is 11.8 Å². The summed E-state index contributed by atoms with van der Waals surface area (Å²) in [4.78, 5) is 0. The topological polar surface area (TPSA) is 130 Å². The van der Waals surface area contributed by atoms with Crippen molar-refractivity contribution in [1.82, 2.24) is 5.32 Å². The van der Waals surface area contributed by atoms with E-state index in [0.29, 0.717) is 11.8 Å². The van der Waals surface area contributed by atoms with Gasteiger partial charge in [0.2, 0.25) is 0 Å². The van der Waals surface area contributed by atoms with Crippen molar-refractivity contribution in [3.63, 3.8) is 0 Å². The number of ether oxygens (including phenoxy) is 1. The maximum absolute atomic E-state index is 7.50. The van der Waals surface area contributed by atoms with Crippen LogP contribution in [0.4, 0.5) is 0 Å². The summed E-state index contributed by atoms with van der Waals surface area (Å²) in [5.41, 5.74) is 0. The third-order valence-electron chi connectivity index (χ3n) is 4.85. The normalized spacial score (nSPS) is 18.8. The molecule has 0 fully saturated rings. The molecule has 0 spiro atoms. The van der Waals surface area contributed by atoms with Gasteiger partial charge < -0.3 is 0 Å². The Morgan fingerprint density at radius 1 is 1.03 bits per heavy atom. The van der Waals surface area contributed by atoms with E-state index in [-0.39, 0.29) is 11.1 Å². The second-order valence-corrected chi connectivity index (χ2v) is 13.8. The zero-order valence-corrected chi connectivity index (χ0v) is 23.2. The van der Waals surface area contributed by atoms with Gasteiger partial charge in [0.1, 0.15) is 0 Å². The van der Waals surface area contributed by atoms with E-state index in [4.69, 9.17) is 32.4 Å². The van der Waals surface area contributed by atoms with E-state index in [9.17, 15) is 0 Å². The fraction of sp³-hybridized carbons (Fsp3) is 0.619. The van der Waals surface area contributed by atoms with E-state index in [1.807, 2.05) is 7.05 Å². The SMILES string of the molecule is CN[C](=[W])C1[C@H](C)CC(O[Si](C)(C)C(C)(C)C)=C[C@@H]1OC.[C-]#[O+].[C-]#[O+].[C-]#[O+].[C-]#[O+].[C-]#[O+]. The summed E-state index contributed by atoms with van der Waals surface area (Å²) in [6.45, 7) is 36.3. The zero-order chi connectivity index (χ0) is 26.4. The van der Waals surface area contributed by atoms with Gasteiger partial charge in [-0.3, -0.25) is 0 Å². The van der Waals surface area contributed by atoms with E-state index in [2.05, 4.69) is 85.4 Å². The summed E-state index contributed by atoms with van der Waals surface area (Å²) in [6.07, 6.45) is 3.34. The van der Waals surface area contributed by atoms with Crippen molar-refractivity contribution in [1.29, 1.82) is 0 Å². The fourth-order valence-electron chi connectivity index (χ4n) is 2.47. The molecule has 0 radical (unpaired) electrons. The summed E-state index contributed by atoms with van der Waals surface area (Å²) >= 11 is 1.49. The Balaban J connectivity index is -0.000000197. The van der Waals surface area contributed by atoms with Crippen LogP contribution in [-0.2, 0) is 51.8 Å². The zero-order valence-electron chi connectivity index (χ0n) is 19.3. The second kappa shape index (κ2) is 23.6. The number of hydrogen-bond donors (Lipinski definition) is 1. The standard InChI is InChI=1S/C16H31NO2Si.5CO.W/c1-12-9-13(19-20(7,8)16(2,3)4)10-15(18-6)14(12)11-17-5;5*1-2;/h10,12,14-15,17H,9H2,1-8H3;;;;;;/t12-,14?,15+;;;;;;/m1....../s1. The summed E-state index contributed by atoms with van der Waals surface area (Å²) in [7, 11) is 2.04. The minimum absolute atomic E-state index is 0.119. The molecule has 1 N–H and O–H groups in total. The molecule has 0 saturated carbocycles. The molecule has 31 heavy (non-hydrogen) atoms. The van der Waals surface area contributed by atoms with Crippen LogP contribution in [0.2, 0.25) is 18.1 Å². The Morgan fingerprint density at radius 2 is 1.42 bits per heavy atom. The van der Waals surface area contributed by atoms with Crippen molar-refractivity contribution in [3.8, 4) is 0 Å². The van der Waals surface area contributed by atoms with Gasteiger partial charge in [-0.2, -0.15) is 0 Å².